The number of nitrogens with one attached hydrogen (secondary N) is 2. The monoisotopic (exact) mass is 364 g/mol. The van der Waals surface area contributed by atoms with E-state index in [9.17, 15) is 0 Å². The van der Waals surface area contributed by atoms with Crippen LogP contribution < -0.4 is 10.6 Å². The van der Waals surface area contributed by atoms with Crippen LogP contribution in [0.2, 0.25) is 10.0 Å². The molecule has 0 bridgehead atoms. The third-order valence-corrected chi connectivity index (χ3v) is 4.35. The van der Waals surface area contributed by atoms with Crippen LogP contribution in [-0.4, -0.2) is 24.5 Å². The number of hydrogen-bond acceptors (Lipinski definition) is 2. The zero-order valence-corrected chi connectivity index (χ0v) is 15.6. The average molecular weight is 365 g/mol. The Morgan fingerprint density at radius 1 is 1.08 bits per heavy atom. The summed E-state index contributed by atoms with van der Waals surface area (Å²) < 4.78 is 0. The van der Waals surface area contributed by atoms with Crippen LogP contribution in [0.4, 0.5) is 0 Å². The summed E-state index contributed by atoms with van der Waals surface area (Å²) in [5, 5.41) is 7.92. The van der Waals surface area contributed by atoms with Crippen LogP contribution in [0.15, 0.2) is 47.6 Å². The molecule has 0 fully saturated rings. The standard InChI is InChI=1S/C18H22Cl2N4/c1-18(2,16-14(19)8-6-9-15(16)20)12-24-17(21-3)23-11-13-7-4-5-10-22-13/h4-10H,11-12H2,1-3H3,(H2,21,23,24). The van der Waals surface area contributed by atoms with Crippen molar-refractivity contribution >= 4 is 29.2 Å². The van der Waals surface area contributed by atoms with Gasteiger partial charge in [0.05, 0.1) is 12.2 Å². The van der Waals surface area contributed by atoms with Crippen LogP contribution in [0.25, 0.3) is 0 Å². The largest absolute Gasteiger partial charge is 0.356 e. The normalized spacial score (nSPS) is 12.1. The van der Waals surface area contributed by atoms with Crippen molar-refractivity contribution in [3.63, 3.8) is 0 Å². The lowest BCUT2D eigenvalue weighted by Gasteiger charge is -2.28. The fourth-order valence-corrected chi connectivity index (χ4v) is 3.34. The molecule has 0 atom stereocenters. The van der Waals surface area contributed by atoms with Gasteiger partial charge in [0.15, 0.2) is 5.96 Å². The second kappa shape index (κ2) is 8.36. The van der Waals surface area contributed by atoms with Crippen molar-refractivity contribution in [2.45, 2.75) is 25.8 Å². The van der Waals surface area contributed by atoms with Gasteiger partial charge in [0.1, 0.15) is 0 Å². The Morgan fingerprint density at radius 2 is 1.79 bits per heavy atom. The minimum atomic E-state index is -0.252. The van der Waals surface area contributed by atoms with E-state index in [0.29, 0.717) is 29.1 Å². The minimum absolute atomic E-state index is 0.252. The van der Waals surface area contributed by atoms with Crippen LogP contribution in [0.5, 0.6) is 0 Å². The molecule has 0 amide bonds. The maximum absolute atomic E-state index is 6.34. The van der Waals surface area contributed by atoms with Gasteiger partial charge in [-0.3, -0.25) is 9.98 Å². The smallest absolute Gasteiger partial charge is 0.191 e. The first kappa shape index (κ1) is 18.6. The number of rotatable bonds is 5. The van der Waals surface area contributed by atoms with E-state index in [1.807, 2.05) is 36.4 Å². The minimum Gasteiger partial charge on any atom is -0.356 e. The number of aliphatic imine (C=N–C) groups is 1. The van der Waals surface area contributed by atoms with Gasteiger partial charge < -0.3 is 10.6 Å². The fourth-order valence-electron chi connectivity index (χ4n) is 2.44. The molecule has 0 aliphatic carbocycles. The number of nitrogens with zero attached hydrogens (tertiary/aromatic N) is 2. The molecular weight excluding hydrogens is 343 g/mol. The van der Waals surface area contributed by atoms with Gasteiger partial charge in [-0.2, -0.15) is 0 Å². The Labute approximate surface area is 153 Å². The van der Waals surface area contributed by atoms with Crippen LogP contribution in [0, 0.1) is 0 Å². The van der Waals surface area contributed by atoms with Gasteiger partial charge in [-0.05, 0) is 29.8 Å². The van der Waals surface area contributed by atoms with Crippen molar-refractivity contribution in [2.24, 2.45) is 4.99 Å². The summed E-state index contributed by atoms with van der Waals surface area (Å²) in [7, 11) is 1.74. The van der Waals surface area contributed by atoms with Crippen LogP contribution >= 0.6 is 23.2 Å². The molecule has 1 heterocycles. The third-order valence-electron chi connectivity index (χ3n) is 3.72. The molecule has 0 aliphatic heterocycles. The molecule has 0 unspecified atom stereocenters. The molecule has 0 saturated heterocycles. The van der Waals surface area contributed by atoms with Gasteiger partial charge in [0.25, 0.3) is 0 Å². The molecule has 1 aromatic carbocycles. The Kier molecular flexibility index (Phi) is 6.46. The Morgan fingerprint density at radius 3 is 2.38 bits per heavy atom. The van der Waals surface area contributed by atoms with E-state index in [-0.39, 0.29) is 5.41 Å². The number of pyridine rings is 1. The average Bonchev–Trinajstić information content (AvgIpc) is 2.55. The quantitative estimate of drug-likeness (QED) is 0.621. The first-order valence-electron chi connectivity index (χ1n) is 7.73. The van der Waals surface area contributed by atoms with Gasteiger partial charge in [0.2, 0.25) is 0 Å². The number of halogens is 2. The maximum Gasteiger partial charge on any atom is 0.191 e. The van der Waals surface area contributed by atoms with E-state index in [4.69, 9.17) is 23.2 Å². The lowest BCUT2D eigenvalue weighted by Crippen LogP contribution is -2.43. The molecule has 0 spiro atoms. The molecule has 2 aromatic rings. The topological polar surface area (TPSA) is 49.3 Å². The van der Waals surface area contributed by atoms with E-state index in [1.165, 1.54) is 0 Å². The Hall–Kier alpha value is -1.78. The summed E-state index contributed by atoms with van der Waals surface area (Å²) in [6, 6.07) is 11.4. The van der Waals surface area contributed by atoms with Crippen molar-refractivity contribution in [3.8, 4) is 0 Å². The summed E-state index contributed by atoms with van der Waals surface area (Å²) >= 11 is 12.7. The van der Waals surface area contributed by atoms with Crippen molar-refractivity contribution in [1.82, 2.24) is 15.6 Å². The highest BCUT2D eigenvalue weighted by atomic mass is 35.5. The van der Waals surface area contributed by atoms with Crippen LogP contribution in [0.3, 0.4) is 0 Å². The van der Waals surface area contributed by atoms with E-state index in [2.05, 4.69) is 34.5 Å². The number of hydrogen-bond donors (Lipinski definition) is 2. The summed E-state index contributed by atoms with van der Waals surface area (Å²) in [6.45, 7) is 5.43. The fraction of sp³-hybridized carbons (Fsp3) is 0.333. The maximum atomic E-state index is 6.34. The molecule has 24 heavy (non-hydrogen) atoms. The van der Waals surface area contributed by atoms with E-state index in [1.54, 1.807) is 13.2 Å². The van der Waals surface area contributed by atoms with Crippen LogP contribution in [0.1, 0.15) is 25.1 Å². The summed E-state index contributed by atoms with van der Waals surface area (Å²) in [6.07, 6.45) is 1.77. The number of guanidine groups is 1. The molecular formula is C18H22Cl2N4. The van der Waals surface area contributed by atoms with Crippen molar-refractivity contribution < 1.29 is 0 Å². The van der Waals surface area contributed by atoms with Gasteiger partial charge in [-0.1, -0.05) is 49.2 Å². The van der Waals surface area contributed by atoms with Crippen molar-refractivity contribution in [2.75, 3.05) is 13.6 Å². The Balaban J connectivity index is 1.99. The molecule has 0 saturated carbocycles. The first-order valence-corrected chi connectivity index (χ1v) is 8.48. The third kappa shape index (κ3) is 4.86. The van der Waals surface area contributed by atoms with E-state index < -0.39 is 0 Å². The molecule has 4 nitrogen and oxygen atoms in total. The molecule has 6 heteroatoms. The second-order valence-electron chi connectivity index (χ2n) is 6.08. The second-order valence-corrected chi connectivity index (χ2v) is 6.90. The van der Waals surface area contributed by atoms with Gasteiger partial charge >= 0.3 is 0 Å². The van der Waals surface area contributed by atoms with Crippen molar-refractivity contribution in [3.05, 3.63) is 63.9 Å². The molecule has 2 N–H and O–H groups in total. The molecule has 0 radical (unpaired) electrons. The molecule has 2 rings (SSSR count). The molecule has 0 aliphatic rings. The zero-order chi connectivity index (χ0) is 17.6. The molecule has 1 aromatic heterocycles. The number of aromatic nitrogens is 1. The van der Waals surface area contributed by atoms with Crippen molar-refractivity contribution in [1.29, 1.82) is 0 Å². The molecule has 128 valence electrons. The predicted octanol–water partition coefficient (Wildman–Crippen LogP) is 4.03. The first-order chi connectivity index (χ1) is 11.4. The lowest BCUT2D eigenvalue weighted by molar-refractivity contribution is 0.509. The van der Waals surface area contributed by atoms with Crippen LogP contribution in [-0.2, 0) is 12.0 Å². The highest BCUT2D eigenvalue weighted by Gasteiger charge is 2.26. The SMILES string of the molecule is CN=C(NCc1ccccn1)NCC(C)(C)c1c(Cl)cccc1Cl. The highest BCUT2D eigenvalue weighted by molar-refractivity contribution is 6.36. The summed E-state index contributed by atoms with van der Waals surface area (Å²) in [4.78, 5) is 8.53. The summed E-state index contributed by atoms with van der Waals surface area (Å²) in [5.41, 5.74) is 1.63. The van der Waals surface area contributed by atoms with E-state index in [0.717, 1.165) is 11.3 Å². The zero-order valence-electron chi connectivity index (χ0n) is 14.1. The van der Waals surface area contributed by atoms with E-state index >= 15 is 0 Å². The Bertz CT molecular complexity index is 679. The van der Waals surface area contributed by atoms with Gasteiger partial charge in [-0.15, -0.1) is 0 Å². The predicted molar refractivity (Wildman–Crippen MR) is 102 cm³/mol. The number of benzene rings is 1. The summed E-state index contributed by atoms with van der Waals surface area (Å²) in [5.74, 6) is 0.705. The van der Waals surface area contributed by atoms with Gasteiger partial charge in [-0.25, -0.2) is 0 Å². The highest BCUT2D eigenvalue weighted by Crippen LogP contribution is 2.35. The lowest BCUT2D eigenvalue weighted by atomic mass is 9.84. The van der Waals surface area contributed by atoms with Gasteiger partial charge in [0, 0.05) is 35.2 Å².